The van der Waals surface area contributed by atoms with E-state index in [0.717, 1.165) is 37.0 Å². The topological polar surface area (TPSA) is 46.2 Å². The first-order valence-electron chi connectivity index (χ1n) is 8.16. The number of rotatable bonds is 3. The standard InChI is InChI=1S/C17H22ClNO2S/c1-11-15(18)3-2-4-16(11)22(20,21)19-17-8-12-5-13(9-17)7-14(6-12)10-17/h2-4,12-14,19H,5-10H2,1H3. The summed E-state index contributed by atoms with van der Waals surface area (Å²) in [6, 6.07) is 5.11. The summed E-state index contributed by atoms with van der Waals surface area (Å²) in [6.07, 6.45) is 6.94. The van der Waals surface area contributed by atoms with Crippen molar-refractivity contribution < 1.29 is 8.42 Å². The van der Waals surface area contributed by atoms with Crippen LogP contribution in [0, 0.1) is 24.7 Å². The van der Waals surface area contributed by atoms with E-state index in [1.807, 2.05) is 0 Å². The Kier molecular flexibility index (Phi) is 3.37. The highest BCUT2D eigenvalue weighted by Crippen LogP contribution is 2.56. The van der Waals surface area contributed by atoms with Crippen LogP contribution in [0.15, 0.2) is 23.1 Å². The molecule has 120 valence electrons. The number of halogens is 1. The Balaban J connectivity index is 1.66. The summed E-state index contributed by atoms with van der Waals surface area (Å²) in [5.74, 6) is 2.15. The van der Waals surface area contributed by atoms with Crippen molar-refractivity contribution >= 4 is 21.6 Å². The first kappa shape index (κ1) is 15.0. The predicted molar refractivity (Wildman–Crippen MR) is 87.4 cm³/mol. The lowest BCUT2D eigenvalue weighted by molar-refractivity contribution is -0.00810. The van der Waals surface area contributed by atoms with E-state index >= 15 is 0 Å². The lowest BCUT2D eigenvalue weighted by Gasteiger charge is -2.56. The van der Waals surface area contributed by atoms with E-state index in [0.29, 0.717) is 15.5 Å². The minimum atomic E-state index is -3.51. The number of nitrogens with one attached hydrogen (secondary N) is 1. The molecular formula is C17H22ClNO2S. The highest BCUT2D eigenvalue weighted by Gasteiger charge is 2.52. The first-order chi connectivity index (χ1) is 10.4. The van der Waals surface area contributed by atoms with E-state index < -0.39 is 10.0 Å². The van der Waals surface area contributed by atoms with Gasteiger partial charge in [-0.05, 0) is 80.9 Å². The van der Waals surface area contributed by atoms with Gasteiger partial charge in [-0.2, -0.15) is 0 Å². The third-order valence-electron chi connectivity index (χ3n) is 5.90. The van der Waals surface area contributed by atoms with Gasteiger partial charge in [-0.3, -0.25) is 0 Å². The van der Waals surface area contributed by atoms with Crippen LogP contribution in [0.3, 0.4) is 0 Å². The molecule has 5 heteroatoms. The molecule has 1 aromatic rings. The van der Waals surface area contributed by atoms with Crippen molar-refractivity contribution in [2.75, 3.05) is 0 Å². The van der Waals surface area contributed by atoms with E-state index in [2.05, 4.69) is 4.72 Å². The van der Waals surface area contributed by atoms with Crippen LogP contribution in [0.2, 0.25) is 5.02 Å². The zero-order chi connectivity index (χ0) is 15.5. The van der Waals surface area contributed by atoms with Crippen LogP contribution in [0.1, 0.15) is 44.1 Å². The lowest BCUT2D eigenvalue weighted by Crippen LogP contribution is -2.59. The summed E-state index contributed by atoms with van der Waals surface area (Å²) in [7, 11) is -3.51. The van der Waals surface area contributed by atoms with E-state index in [4.69, 9.17) is 11.6 Å². The second kappa shape index (κ2) is 4.96. The molecule has 0 unspecified atom stereocenters. The Morgan fingerprint density at radius 1 is 1.09 bits per heavy atom. The van der Waals surface area contributed by atoms with E-state index in [1.54, 1.807) is 25.1 Å². The summed E-state index contributed by atoms with van der Waals surface area (Å²) in [5, 5.41) is 0.508. The molecule has 0 aliphatic heterocycles. The molecule has 0 spiro atoms. The van der Waals surface area contributed by atoms with Gasteiger partial charge < -0.3 is 0 Å². The summed E-state index contributed by atoms with van der Waals surface area (Å²) in [5.41, 5.74) is 0.434. The van der Waals surface area contributed by atoms with Crippen molar-refractivity contribution in [2.24, 2.45) is 17.8 Å². The molecule has 22 heavy (non-hydrogen) atoms. The Labute approximate surface area is 137 Å². The van der Waals surface area contributed by atoms with Crippen LogP contribution in [-0.4, -0.2) is 14.0 Å². The van der Waals surface area contributed by atoms with Gasteiger partial charge in [-0.15, -0.1) is 0 Å². The monoisotopic (exact) mass is 339 g/mol. The Bertz CT molecular complexity index is 678. The highest BCUT2D eigenvalue weighted by atomic mass is 35.5. The molecule has 0 amide bonds. The fourth-order valence-corrected chi connectivity index (χ4v) is 7.39. The van der Waals surface area contributed by atoms with Gasteiger partial charge >= 0.3 is 0 Å². The Morgan fingerprint density at radius 2 is 1.64 bits per heavy atom. The van der Waals surface area contributed by atoms with E-state index in [9.17, 15) is 8.42 Å². The Hall–Kier alpha value is -0.580. The summed E-state index contributed by atoms with van der Waals surface area (Å²) in [6.45, 7) is 1.77. The maximum absolute atomic E-state index is 12.9. The average molecular weight is 340 g/mol. The fourth-order valence-electron chi connectivity index (χ4n) is 5.45. The van der Waals surface area contributed by atoms with Crippen molar-refractivity contribution in [2.45, 2.75) is 55.9 Å². The van der Waals surface area contributed by atoms with Gasteiger partial charge in [0, 0.05) is 10.6 Å². The maximum atomic E-state index is 12.9. The van der Waals surface area contributed by atoms with Gasteiger partial charge in [0.2, 0.25) is 10.0 Å². The van der Waals surface area contributed by atoms with E-state index in [-0.39, 0.29) is 5.54 Å². The molecule has 0 heterocycles. The molecule has 0 saturated heterocycles. The molecule has 4 fully saturated rings. The number of hydrogen-bond donors (Lipinski definition) is 1. The van der Waals surface area contributed by atoms with Crippen molar-refractivity contribution in [3.8, 4) is 0 Å². The molecule has 3 nitrogen and oxygen atoms in total. The molecule has 4 aliphatic rings. The summed E-state index contributed by atoms with van der Waals surface area (Å²) in [4.78, 5) is 0.329. The zero-order valence-electron chi connectivity index (χ0n) is 12.8. The van der Waals surface area contributed by atoms with Crippen LogP contribution in [-0.2, 0) is 10.0 Å². The molecule has 1 aromatic carbocycles. The third kappa shape index (κ3) is 2.40. The second-order valence-corrected chi connectivity index (χ2v) is 9.72. The van der Waals surface area contributed by atoms with Gasteiger partial charge in [0.25, 0.3) is 0 Å². The minimum Gasteiger partial charge on any atom is -0.207 e. The van der Waals surface area contributed by atoms with Crippen LogP contribution in [0.4, 0.5) is 0 Å². The SMILES string of the molecule is Cc1c(Cl)cccc1S(=O)(=O)NC12CC3CC(CC(C3)C1)C2. The highest BCUT2D eigenvalue weighted by molar-refractivity contribution is 7.89. The van der Waals surface area contributed by atoms with Crippen LogP contribution >= 0.6 is 11.6 Å². The molecule has 1 N–H and O–H groups in total. The van der Waals surface area contributed by atoms with Gasteiger partial charge in [-0.1, -0.05) is 17.7 Å². The van der Waals surface area contributed by atoms with Crippen LogP contribution in [0.5, 0.6) is 0 Å². The maximum Gasteiger partial charge on any atom is 0.241 e. The average Bonchev–Trinajstić information content (AvgIpc) is 2.38. The van der Waals surface area contributed by atoms with Gasteiger partial charge in [0.05, 0.1) is 4.90 Å². The molecule has 0 aromatic heterocycles. The number of benzene rings is 1. The van der Waals surface area contributed by atoms with E-state index in [1.165, 1.54) is 19.3 Å². The van der Waals surface area contributed by atoms with Gasteiger partial charge in [0.15, 0.2) is 0 Å². The third-order valence-corrected chi connectivity index (χ3v) is 8.03. The van der Waals surface area contributed by atoms with Crippen molar-refractivity contribution in [3.05, 3.63) is 28.8 Å². The van der Waals surface area contributed by atoms with Crippen molar-refractivity contribution in [1.29, 1.82) is 0 Å². The summed E-state index contributed by atoms with van der Waals surface area (Å²) < 4.78 is 28.9. The smallest absolute Gasteiger partial charge is 0.207 e. The Morgan fingerprint density at radius 3 is 2.18 bits per heavy atom. The first-order valence-corrected chi connectivity index (χ1v) is 10.0. The largest absolute Gasteiger partial charge is 0.241 e. The van der Waals surface area contributed by atoms with Gasteiger partial charge in [-0.25, -0.2) is 13.1 Å². The zero-order valence-corrected chi connectivity index (χ0v) is 14.4. The summed E-state index contributed by atoms with van der Waals surface area (Å²) >= 11 is 6.10. The van der Waals surface area contributed by atoms with Crippen molar-refractivity contribution in [1.82, 2.24) is 4.72 Å². The van der Waals surface area contributed by atoms with Gasteiger partial charge in [0.1, 0.15) is 0 Å². The fraction of sp³-hybridized carbons (Fsp3) is 0.647. The quantitative estimate of drug-likeness (QED) is 0.907. The number of hydrogen-bond acceptors (Lipinski definition) is 2. The molecule has 4 bridgehead atoms. The normalized spacial score (nSPS) is 36.7. The van der Waals surface area contributed by atoms with Crippen molar-refractivity contribution in [3.63, 3.8) is 0 Å². The molecule has 4 saturated carbocycles. The van der Waals surface area contributed by atoms with Crippen LogP contribution in [0.25, 0.3) is 0 Å². The molecule has 4 aliphatic carbocycles. The number of sulfonamides is 1. The molecule has 0 atom stereocenters. The second-order valence-electron chi connectivity index (χ2n) is 7.67. The molecular weight excluding hydrogens is 318 g/mol. The molecule has 0 radical (unpaired) electrons. The minimum absolute atomic E-state index is 0.206. The lowest BCUT2D eigenvalue weighted by atomic mass is 9.53. The predicted octanol–water partition coefficient (Wildman–Crippen LogP) is 3.90. The molecule has 5 rings (SSSR count). The van der Waals surface area contributed by atoms with Crippen LogP contribution < -0.4 is 4.72 Å².